The summed E-state index contributed by atoms with van der Waals surface area (Å²) < 4.78 is 10.5. The van der Waals surface area contributed by atoms with Crippen molar-refractivity contribution in [3.8, 4) is 23.3 Å². The molecule has 2 amide bonds. The van der Waals surface area contributed by atoms with E-state index in [9.17, 15) is 4.79 Å². The van der Waals surface area contributed by atoms with E-state index in [0.717, 1.165) is 17.7 Å². The number of carbonyl (C=O) groups is 1. The van der Waals surface area contributed by atoms with Gasteiger partial charge in [-0.15, -0.1) is 0 Å². The van der Waals surface area contributed by atoms with Gasteiger partial charge >= 0.3 is 6.03 Å². The van der Waals surface area contributed by atoms with Gasteiger partial charge in [-0.3, -0.25) is 4.98 Å². The predicted molar refractivity (Wildman–Crippen MR) is 95.6 cm³/mol. The molecule has 0 radical (unpaired) electrons. The van der Waals surface area contributed by atoms with Crippen LogP contribution in [-0.4, -0.2) is 37.8 Å². The minimum atomic E-state index is -0.240. The molecule has 0 saturated carbocycles. The molecule has 0 aliphatic rings. The summed E-state index contributed by atoms with van der Waals surface area (Å²) in [6, 6.07) is 11.1. The third-order valence-corrected chi connectivity index (χ3v) is 3.27. The van der Waals surface area contributed by atoms with Crippen LogP contribution in [0.5, 0.6) is 11.5 Å². The summed E-state index contributed by atoms with van der Waals surface area (Å²) in [5.74, 6) is 7.14. The summed E-state index contributed by atoms with van der Waals surface area (Å²) >= 11 is 0. The lowest BCUT2D eigenvalue weighted by Gasteiger charge is -2.06. The fraction of sp³-hybridized carbons (Fsp3) is 0.263. The number of amides is 2. The predicted octanol–water partition coefficient (Wildman–Crippen LogP) is 2.01. The Morgan fingerprint density at radius 3 is 2.68 bits per heavy atom. The lowest BCUT2D eigenvalue weighted by molar-refractivity contribution is 0.242. The number of urea groups is 1. The number of ether oxygens (including phenoxy) is 2. The zero-order valence-electron chi connectivity index (χ0n) is 14.1. The van der Waals surface area contributed by atoms with Crippen LogP contribution in [0.25, 0.3) is 0 Å². The molecule has 1 heterocycles. The molecule has 2 aromatic rings. The molecular weight excluding hydrogens is 318 g/mol. The zero-order chi connectivity index (χ0) is 17.7. The van der Waals surface area contributed by atoms with Gasteiger partial charge in [-0.25, -0.2) is 4.79 Å². The molecule has 6 heteroatoms. The van der Waals surface area contributed by atoms with Gasteiger partial charge in [0.2, 0.25) is 0 Å². The molecule has 0 atom stereocenters. The van der Waals surface area contributed by atoms with Crippen molar-refractivity contribution < 1.29 is 14.3 Å². The van der Waals surface area contributed by atoms with Gasteiger partial charge in [0, 0.05) is 12.7 Å². The monoisotopic (exact) mass is 339 g/mol. The van der Waals surface area contributed by atoms with Crippen LogP contribution < -0.4 is 20.1 Å². The van der Waals surface area contributed by atoms with E-state index in [-0.39, 0.29) is 19.2 Å². The Balaban J connectivity index is 1.55. The van der Waals surface area contributed by atoms with Gasteiger partial charge in [-0.1, -0.05) is 24.0 Å². The number of benzene rings is 1. The van der Waals surface area contributed by atoms with Crippen LogP contribution in [-0.2, 0) is 6.42 Å². The van der Waals surface area contributed by atoms with E-state index in [4.69, 9.17) is 9.47 Å². The molecule has 1 aromatic carbocycles. The largest absolute Gasteiger partial charge is 0.497 e. The molecule has 0 fully saturated rings. The second kappa shape index (κ2) is 10.6. The Labute approximate surface area is 147 Å². The topological polar surface area (TPSA) is 72.5 Å². The number of aromatic nitrogens is 1. The van der Waals surface area contributed by atoms with E-state index in [1.807, 2.05) is 30.3 Å². The molecule has 1 aromatic heterocycles. The number of rotatable bonds is 7. The fourth-order valence-electron chi connectivity index (χ4n) is 1.96. The van der Waals surface area contributed by atoms with E-state index in [1.165, 1.54) is 0 Å². The van der Waals surface area contributed by atoms with E-state index < -0.39 is 0 Å². The highest BCUT2D eigenvalue weighted by Gasteiger charge is 1.99. The summed E-state index contributed by atoms with van der Waals surface area (Å²) in [6.45, 7) is 1.08. The van der Waals surface area contributed by atoms with E-state index in [2.05, 4.69) is 27.5 Å². The van der Waals surface area contributed by atoms with Gasteiger partial charge in [-0.2, -0.15) is 0 Å². The molecule has 130 valence electrons. The van der Waals surface area contributed by atoms with Gasteiger partial charge < -0.3 is 20.1 Å². The number of hydrogen-bond acceptors (Lipinski definition) is 4. The summed E-state index contributed by atoms with van der Waals surface area (Å²) in [7, 11) is 1.63. The molecule has 0 aliphatic carbocycles. The van der Waals surface area contributed by atoms with Crippen LogP contribution in [0.3, 0.4) is 0 Å². The third-order valence-electron chi connectivity index (χ3n) is 3.27. The molecule has 0 saturated heterocycles. The molecule has 0 spiro atoms. The summed E-state index contributed by atoms with van der Waals surface area (Å²) in [4.78, 5) is 15.6. The SMILES string of the molecule is COc1ccc(CCNC(=O)NCC#CCOc2cccnc2)cc1. The van der Waals surface area contributed by atoms with Gasteiger partial charge in [0.1, 0.15) is 18.1 Å². The van der Waals surface area contributed by atoms with E-state index in [0.29, 0.717) is 12.3 Å². The van der Waals surface area contributed by atoms with Crippen LogP contribution in [0.15, 0.2) is 48.8 Å². The van der Waals surface area contributed by atoms with Crippen LogP contribution in [0.4, 0.5) is 4.79 Å². The molecule has 0 bridgehead atoms. The van der Waals surface area contributed by atoms with Crippen molar-refractivity contribution in [1.29, 1.82) is 0 Å². The Morgan fingerprint density at radius 2 is 1.96 bits per heavy atom. The average molecular weight is 339 g/mol. The number of nitrogens with one attached hydrogen (secondary N) is 2. The maximum absolute atomic E-state index is 11.6. The quantitative estimate of drug-likeness (QED) is 0.757. The molecule has 6 nitrogen and oxygen atoms in total. The van der Waals surface area contributed by atoms with E-state index >= 15 is 0 Å². The second-order valence-electron chi connectivity index (χ2n) is 5.04. The van der Waals surface area contributed by atoms with Crippen molar-refractivity contribution in [1.82, 2.24) is 15.6 Å². The van der Waals surface area contributed by atoms with Crippen molar-refractivity contribution in [2.45, 2.75) is 6.42 Å². The lowest BCUT2D eigenvalue weighted by Crippen LogP contribution is -2.36. The zero-order valence-corrected chi connectivity index (χ0v) is 14.1. The van der Waals surface area contributed by atoms with Crippen LogP contribution in [0.2, 0.25) is 0 Å². The highest BCUT2D eigenvalue weighted by Crippen LogP contribution is 2.11. The Hall–Kier alpha value is -3.20. The number of carbonyl (C=O) groups excluding carboxylic acids is 1. The molecule has 0 aliphatic heterocycles. The molecule has 2 rings (SSSR count). The average Bonchev–Trinajstić information content (AvgIpc) is 2.66. The summed E-state index contributed by atoms with van der Waals surface area (Å²) in [5.41, 5.74) is 1.13. The minimum absolute atomic E-state index is 0.240. The van der Waals surface area contributed by atoms with Crippen molar-refractivity contribution in [3.63, 3.8) is 0 Å². The molecular formula is C19H21N3O3. The number of methoxy groups -OCH3 is 1. The number of hydrogen-bond donors (Lipinski definition) is 2. The number of pyridine rings is 1. The van der Waals surface area contributed by atoms with Crippen molar-refractivity contribution in [2.24, 2.45) is 0 Å². The van der Waals surface area contributed by atoms with Crippen molar-refractivity contribution >= 4 is 6.03 Å². The first kappa shape index (κ1) is 18.1. The van der Waals surface area contributed by atoms with E-state index in [1.54, 1.807) is 25.6 Å². The smallest absolute Gasteiger partial charge is 0.315 e. The minimum Gasteiger partial charge on any atom is -0.497 e. The van der Waals surface area contributed by atoms with Crippen molar-refractivity contribution in [2.75, 3.05) is 26.8 Å². The first-order valence-electron chi connectivity index (χ1n) is 7.91. The fourth-order valence-corrected chi connectivity index (χ4v) is 1.96. The normalized spacial score (nSPS) is 9.48. The standard InChI is InChI=1S/C19H21N3O3/c1-24-17-8-6-16(7-9-17)10-13-22-19(23)21-12-2-3-14-25-18-5-4-11-20-15-18/h4-9,11,15H,10,12-14H2,1H3,(H2,21,22,23). The molecule has 25 heavy (non-hydrogen) atoms. The van der Waals surface area contributed by atoms with Gasteiger partial charge in [0.05, 0.1) is 19.9 Å². The maximum Gasteiger partial charge on any atom is 0.315 e. The Bertz CT molecular complexity index is 706. The van der Waals surface area contributed by atoms with Gasteiger partial charge in [0.25, 0.3) is 0 Å². The highest BCUT2D eigenvalue weighted by atomic mass is 16.5. The molecule has 2 N–H and O–H groups in total. The van der Waals surface area contributed by atoms with Crippen molar-refractivity contribution in [3.05, 3.63) is 54.4 Å². The van der Waals surface area contributed by atoms with Gasteiger partial charge in [-0.05, 0) is 36.2 Å². The maximum atomic E-state index is 11.6. The summed E-state index contributed by atoms with van der Waals surface area (Å²) in [5, 5.41) is 5.46. The first-order chi connectivity index (χ1) is 12.3. The lowest BCUT2D eigenvalue weighted by atomic mass is 10.1. The Kier molecular flexibility index (Phi) is 7.66. The summed E-state index contributed by atoms with van der Waals surface area (Å²) in [6.07, 6.45) is 4.05. The van der Waals surface area contributed by atoms with Crippen LogP contribution in [0, 0.1) is 11.8 Å². The Morgan fingerprint density at radius 1 is 1.12 bits per heavy atom. The third kappa shape index (κ3) is 7.27. The second-order valence-corrected chi connectivity index (χ2v) is 5.04. The highest BCUT2D eigenvalue weighted by molar-refractivity contribution is 5.74. The van der Waals surface area contributed by atoms with Crippen LogP contribution >= 0.6 is 0 Å². The number of nitrogens with zero attached hydrogens (tertiary/aromatic N) is 1. The van der Waals surface area contributed by atoms with Gasteiger partial charge in [0.15, 0.2) is 0 Å². The van der Waals surface area contributed by atoms with Crippen LogP contribution in [0.1, 0.15) is 5.56 Å². The molecule has 0 unspecified atom stereocenters. The first-order valence-corrected chi connectivity index (χ1v) is 7.91.